The Morgan fingerprint density at radius 3 is 2.62 bits per heavy atom. The van der Waals surface area contributed by atoms with Crippen LogP contribution in [-0.2, 0) is 6.61 Å². The number of rotatable bonds is 3. The van der Waals surface area contributed by atoms with Crippen molar-refractivity contribution in [2.75, 3.05) is 0 Å². The van der Waals surface area contributed by atoms with Crippen molar-refractivity contribution in [3.63, 3.8) is 0 Å². The van der Waals surface area contributed by atoms with Crippen molar-refractivity contribution in [1.82, 2.24) is 0 Å². The molecule has 3 heteroatoms. The highest BCUT2D eigenvalue weighted by Gasteiger charge is 2.02. The monoisotopic (exact) mass is 220 g/mol. The Morgan fingerprint density at radius 2 is 2.00 bits per heavy atom. The average Bonchev–Trinajstić information content (AvgIpc) is 2.66. The van der Waals surface area contributed by atoms with E-state index >= 15 is 0 Å². The predicted octanol–water partition coefficient (Wildman–Crippen LogP) is 3.61. The molecule has 0 saturated heterocycles. The normalized spacial score (nSPS) is 10.4. The molecule has 0 N–H and O–H groups in total. The second-order valence-corrected chi connectivity index (χ2v) is 3.71. The summed E-state index contributed by atoms with van der Waals surface area (Å²) in [5.41, 5.74) is 0.577. The van der Waals surface area contributed by atoms with E-state index in [4.69, 9.17) is 9.15 Å². The van der Waals surface area contributed by atoms with Gasteiger partial charge in [-0.2, -0.15) is 0 Å². The summed E-state index contributed by atoms with van der Waals surface area (Å²) in [6.07, 6.45) is 0. The van der Waals surface area contributed by atoms with Gasteiger partial charge in [-0.25, -0.2) is 4.39 Å². The van der Waals surface area contributed by atoms with Crippen LogP contribution in [0.1, 0.15) is 17.1 Å². The van der Waals surface area contributed by atoms with E-state index in [2.05, 4.69) is 0 Å². The summed E-state index contributed by atoms with van der Waals surface area (Å²) in [5, 5.41) is 0. The van der Waals surface area contributed by atoms with Gasteiger partial charge in [-0.1, -0.05) is 0 Å². The molecule has 0 amide bonds. The van der Waals surface area contributed by atoms with E-state index in [-0.39, 0.29) is 5.82 Å². The summed E-state index contributed by atoms with van der Waals surface area (Å²) in [5.74, 6) is 2.04. The largest absolute Gasteiger partial charge is 0.486 e. The fourth-order valence-electron chi connectivity index (χ4n) is 1.42. The summed E-state index contributed by atoms with van der Waals surface area (Å²) in [7, 11) is 0. The highest BCUT2D eigenvalue weighted by atomic mass is 19.1. The van der Waals surface area contributed by atoms with Crippen molar-refractivity contribution in [1.29, 1.82) is 0 Å². The average molecular weight is 220 g/mol. The summed E-state index contributed by atoms with van der Waals surface area (Å²) in [6, 6.07) is 8.43. The van der Waals surface area contributed by atoms with Gasteiger partial charge in [0, 0.05) is 0 Å². The lowest BCUT2D eigenvalue weighted by Gasteiger charge is -2.05. The Bertz CT molecular complexity index is 488. The van der Waals surface area contributed by atoms with Crippen molar-refractivity contribution < 1.29 is 13.5 Å². The van der Waals surface area contributed by atoms with Crippen molar-refractivity contribution in [2.45, 2.75) is 20.5 Å². The van der Waals surface area contributed by atoms with Crippen LogP contribution < -0.4 is 4.74 Å². The number of halogens is 1. The van der Waals surface area contributed by atoms with E-state index in [0.717, 1.165) is 11.5 Å². The third-order valence-electron chi connectivity index (χ3n) is 2.31. The first-order valence-corrected chi connectivity index (χ1v) is 5.09. The minimum atomic E-state index is -0.221. The zero-order chi connectivity index (χ0) is 11.5. The number of benzene rings is 1. The molecule has 0 spiro atoms. The molecule has 0 aliphatic heterocycles. The second kappa shape index (κ2) is 4.39. The van der Waals surface area contributed by atoms with Crippen LogP contribution in [0.15, 0.2) is 34.7 Å². The van der Waals surface area contributed by atoms with Crippen LogP contribution >= 0.6 is 0 Å². The molecule has 0 fully saturated rings. The van der Waals surface area contributed by atoms with Crippen LogP contribution in [-0.4, -0.2) is 0 Å². The number of hydrogen-bond acceptors (Lipinski definition) is 2. The molecule has 2 nitrogen and oxygen atoms in total. The molecular weight excluding hydrogens is 207 g/mol. The SMILES string of the molecule is Cc1ccc(COc2ccc(F)c(C)c2)o1. The lowest BCUT2D eigenvalue weighted by atomic mass is 10.2. The number of hydrogen-bond donors (Lipinski definition) is 0. The molecular formula is C13H13FO2. The van der Waals surface area contributed by atoms with Gasteiger partial charge in [-0.3, -0.25) is 0 Å². The van der Waals surface area contributed by atoms with Crippen LogP contribution in [0.5, 0.6) is 5.75 Å². The number of aryl methyl sites for hydroxylation is 2. The zero-order valence-electron chi connectivity index (χ0n) is 9.29. The van der Waals surface area contributed by atoms with Gasteiger partial charge in [0.25, 0.3) is 0 Å². The summed E-state index contributed by atoms with van der Waals surface area (Å²) in [4.78, 5) is 0. The molecule has 0 unspecified atom stereocenters. The van der Waals surface area contributed by atoms with E-state index in [0.29, 0.717) is 17.9 Å². The zero-order valence-corrected chi connectivity index (χ0v) is 9.29. The topological polar surface area (TPSA) is 22.4 Å². The Balaban J connectivity index is 2.02. The molecule has 1 aromatic carbocycles. The van der Waals surface area contributed by atoms with Crippen LogP contribution in [0.3, 0.4) is 0 Å². The summed E-state index contributed by atoms with van der Waals surface area (Å²) in [6.45, 7) is 3.95. The molecule has 84 valence electrons. The van der Waals surface area contributed by atoms with Crippen LogP contribution in [0.4, 0.5) is 4.39 Å². The summed E-state index contributed by atoms with van der Waals surface area (Å²) < 4.78 is 23.8. The molecule has 1 aromatic heterocycles. The van der Waals surface area contributed by atoms with Gasteiger partial charge in [0.05, 0.1) is 0 Å². The van der Waals surface area contributed by atoms with Crippen molar-refractivity contribution in [3.05, 3.63) is 53.2 Å². The first-order valence-electron chi connectivity index (χ1n) is 5.09. The van der Waals surface area contributed by atoms with E-state index in [1.807, 2.05) is 19.1 Å². The van der Waals surface area contributed by atoms with Gasteiger partial charge in [0.1, 0.15) is 29.7 Å². The Labute approximate surface area is 93.7 Å². The first kappa shape index (κ1) is 10.7. The van der Waals surface area contributed by atoms with E-state index in [9.17, 15) is 4.39 Å². The van der Waals surface area contributed by atoms with E-state index in [1.54, 1.807) is 19.1 Å². The molecule has 0 bridgehead atoms. The van der Waals surface area contributed by atoms with Gasteiger partial charge in [0.2, 0.25) is 0 Å². The van der Waals surface area contributed by atoms with Gasteiger partial charge in [0.15, 0.2) is 0 Å². The lowest BCUT2D eigenvalue weighted by molar-refractivity contribution is 0.267. The Kier molecular flexibility index (Phi) is 2.95. The first-order chi connectivity index (χ1) is 7.65. The maximum Gasteiger partial charge on any atom is 0.146 e. The minimum absolute atomic E-state index is 0.221. The highest BCUT2D eigenvalue weighted by Crippen LogP contribution is 2.17. The molecule has 2 rings (SSSR count). The van der Waals surface area contributed by atoms with Crippen LogP contribution in [0.2, 0.25) is 0 Å². The standard InChI is InChI=1S/C13H13FO2/c1-9-7-11(5-6-13(9)14)15-8-12-4-3-10(2)16-12/h3-7H,8H2,1-2H3. The van der Waals surface area contributed by atoms with Crippen molar-refractivity contribution in [3.8, 4) is 5.75 Å². The molecule has 0 aliphatic carbocycles. The van der Waals surface area contributed by atoms with Gasteiger partial charge >= 0.3 is 0 Å². The van der Waals surface area contributed by atoms with E-state index in [1.165, 1.54) is 6.07 Å². The third-order valence-corrected chi connectivity index (χ3v) is 2.31. The number of furan rings is 1. The van der Waals surface area contributed by atoms with Crippen LogP contribution in [0, 0.1) is 19.7 Å². The van der Waals surface area contributed by atoms with Gasteiger partial charge in [-0.15, -0.1) is 0 Å². The second-order valence-electron chi connectivity index (χ2n) is 3.71. The summed E-state index contributed by atoms with van der Waals surface area (Å²) >= 11 is 0. The fourth-order valence-corrected chi connectivity index (χ4v) is 1.42. The Morgan fingerprint density at radius 1 is 1.19 bits per heavy atom. The van der Waals surface area contributed by atoms with Gasteiger partial charge in [-0.05, 0) is 49.7 Å². The smallest absolute Gasteiger partial charge is 0.146 e. The minimum Gasteiger partial charge on any atom is -0.486 e. The number of ether oxygens (including phenoxy) is 1. The van der Waals surface area contributed by atoms with Crippen molar-refractivity contribution >= 4 is 0 Å². The molecule has 1 heterocycles. The lowest BCUT2D eigenvalue weighted by Crippen LogP contribution is -1.94. The maximum atomic E-state index is 13.0. The maximum absolute atomic E-state index is 13.0. The highest BCUT2D eigenvalue weighted by molar-refractivity contribution is 5.28. The molecule has 2 aromatic rings. The van der Waals surface area contributed by atoms with Crippen LogP contribution in [0.25, 0.3) is 0 Å². The molecule has 0 radical (unpaired) electrons. The molecule has 0 atom stereocenters. The van der Waals surface area contributed by atoms with Crippen molar-refractivity contribution in [2.24, 2.45) is 0 Å². The molecule has 0 aliphatic rings. The van der Waals surface area contributed by atoms with Gasteiger partial charge < -0.3 is 9.15 Å². The fraction of sp³-hybridized carbons (Fsp3) is 0.231. The Hall–Kier alpha value is -1.77. The molecule has 16 heavy (non-hydrogen) atoms. The van der Waals surface area contributed by atoms with E-state index < -0.39 is 0 Å². The third kappa shape index (κ3) is 2.42. The molecule has 0 saturated carbocycles. The quantitative estimate of drug-likeness (QED) is 0.788. The predicted molar refractivity (Wildman–Crippen MR) is 58.9 cm³/mol.